The van der Waals surface area contributed by atoms with Crippen molar-refractivity contribution in [2.75, 3.05) is 20.0 Å². The molecule has 1 fully saturated rings. The summed E-state index contributed by atoms with van der Waals surface area (Å²) < 4.78 is 21.3. The van der Waals surface area contributed by atoms with Crippen molar-refractivity contribution >= 4 is 5.97 Å². The summed E-state index contributed by atoms with van der Waals surface area (Å²) in [6, 6.07) is 5.32. The van der Waals surface area contributed by atoms with Gasteiger partial charge < -0.3 is 18.9 Å². The molecule has 114 valence electrons. The average molecular weight is 293 g/mol. The van der Waals surface area contributed by atoms with Gasteiger partial charge in [0.1, 0.15) is 18.4 Å². The van der Waals surface area contributed by atoms with Crippen LogP contribution >= 0.6 is 0 Å². The lowest BCUT2D eigenvalue weighted by atomic mass is 10.3. The molecule has 6 nitrogen and oxygen atoms in total. The van der Waals surface area contributed by atoms with Crippen LogP contribution in [-0.4, -0.2) is 38.1 Å². The maximum atomic E-state index is 11.9. The van der Waals surface area contributed by atoms with E-state index in [0.29, 0.717) is 29.9 Å². The molecule has 21 heavy (non-hydrogen) atoms. The van der Waals surface area contributed by atoms with Crippen molar-refractivity contribution in [3.8, 4) is 17.2 Å². The summed E-state index contributed by atoms with van der Waals surface area (Å²) in [5, 5.41) is 3.24. The van der Waals surface area contributed by atoms with Gasteiger partial charge in [0.25, 0.3) is 0 Å². The van der Waals surface area contributed by atoms with E-state index in [-0.39, 0.29) is 19.4 Å². The van der Waals surface area contributed by atoms with E-state index in [1.807, 2.05) is 0 Å². The Morgan fingerprint density at radius 2 is 2.19 bits per heavy atom. The molecule has 0 saturated heterocycles. The van der Waals surface area contributed by atoms with Gasteiger partial charge in [-0.15, -0.1) is 0 Å². The van der Waals surface area contributed by atoms with Crippen molar-refractivity contribution in [3.05, 3.63) is 18.2 Å². The highest BCUT2D eigenvalue weighted by Gasteiger charge is 2.29. The Labute approximate surface area is 123 Å². The molecule has 2 aliphatic rings. The minimum atomic E-state index is -0.442. The third-order valence-electron chi connectivity index (χ3n) is 3.35. The number of rotatable bonds is 7. The first kappa shape index (κ1) is 14.0. The zero-order chi connectivity index (χ0) is 14.7. The molecule has 1 N–H and O–H groups in total. The summed E-state index contributed by atoms with van der Waals surface area (Å²) in [5.74, 6) is 1.74. The molecule has 1 aromatic carbocycles. The molecule has 1 heterocycles. The first-order valence-electron chi connectivity index (χ1n) is 7.21. The van der Waals surface area contributed by atoms with Gasteiger partial charge in [0.15, 0.2) is 11.5 Å². The van der Waals surface area contributed by atoms with Crippen LogP contribution in [0.2, 0.25) is 0 Å². The van der Waals surface area contributed by atoms with Crippen molar-refractivity contribution < 1.29 is 23.7 Å². The minimum absolute atomic E-state index is 0.230. The van der Waals surface area contributed by atoms with Crippen molar-refractivity contribution in [1.29, 1.82) is 0 Å². The lowest BCUT2D eigenvalue weighted by molar-refractivity contribution is -0.146. The Kier molecular flexibility index (Phi) is 4.15. The Hall–Kier alpha value is -1.95. The standard InChI is InChI=1S/C15H19NO5/c1-2-18-15(17)12(16-10-3-4-10)8-19-11-5-6-13-14(7-11)21-9-20-13/h5-7,10,12,16H,2-4,8-9H2,1H3. The maximum Gasteiger partial charge on any atom is 0.326 e. The van der Waals surface area contributed by atoms with E-state index in [0.717, 1.165) is 12.8 Å². The smallest absolute Gasteiger partial charge is 0.326 e. The van der Waals surface area contributed by atoms with Gasteiger partial charge in [-0.25, -0.2) is 0 Å². The predicted octanol–water partition coefficient (Wildman–Crippen LogP) is 1.48. The number of benzene rings is 1. The zero-order valence-electron chi connectivity index (χ0n) is 12.0. The van der Waals surface area contributed by atoms with Gasteiger partial charge >= 0.3 is 5.97 Å². The minimum Gasteiger partial charge on any atom is -0.491 e. The average Bonchev–Trinajstić information content (AvgIpc) is 3.18. The molecule has 6 heteroatoms. The molecule has 1 aromatic rings. The topological polar surface area (TPSA) is 66.0 Å². The van der Waals surface area contributed by atoms with E-state index in [9.17, 15) is 4.79 Å². The van der Waals surface area contributed by atoms with Crippen LogP contribution in [0.4, 0.5) is 0 Å². The van der Waals surface area contributed by atoms with Crippen molar-refractivity contribution in [2.24, 2.45) is 0 Å². The molecule has 0 bridgehead atoms. The monoisotopic (exact) mass is 293 g/mol. The highest BCUT2D eigenvalue weighted by molar-refractivity contribution is 5.76. The van der Waals surface area contributed by atoms with Gasteiger partial charge in [0.2, 0.25) is 6.79 Å². The lowest BCUT2D eigenvalue weighted by Gasteiger charge is -2.17. The van der Waals surface area contributed by atoms with Crippen LogP contribution in [0.1, 0.15) is 19.8 Å². The Balaban J connectivity index is 1.58. The molecule has 1 atom stereocenters. The van der Waals surface area contributed by atoms with Crippen molar-refractivity contribution in [3.63, 3.8) is 0 Å². The number of ether oxygens (including phenoxy) is 4. The molecule has 1 saturated carbocycles. The summed E-state index contributed by atoms with van der Waals surface area (Å²) >= 11 is 0. The third kappa shape index (κ3) is 3.58. The predicted molar refractivity (Wildman–Crippen MR) is 74.6 cm³/mol. The first-order valence-corrected chi connectivity index (χ1v) is 7.21. The highest BCUT2D eigenvalue weighted by Crippen LogP contribution is 2.35. The fourth-order valence-electron chi connectivity index (χ4n) is 2.11. The van der Waals surface area contributed by atoms with Crippen molar-refractivity contribution in [2.45, 2.75) is 31.8 Å². The molecule has 0 radical (unpaired) electrons. The molecular weight excluding hydrogens is 274 g/mol. The van der Waals surface area contributed by atoms with Gasteiger partial charge in [-0.1, -0.05) is 0 Å². The highest BCUT2D eigenvalue weighted by atomic mass is 16.7. The van der Waals surface area contributed by atoms with Crippen LogP contribution < -0.4 is 19.5 Å². The zero-order valence-corrected chi connectivity index (χ0v) is 12.0. The summed E-state index contributed by atoms with van der Waals surface area (Å²) in [6.07, 6.45) is 2.19. The fraction of sp³-hybridized carbons (Fsp3) is 0.533. The molecule has 0 amide bonds. The first-order chi connectivity index (χ1) is 10.3. The van der Waals surface area contributed by atoms with Crippen LogP contribution in [0, 0.1) is 0 Å². The van der Waals surface area contributed by atoms with Crippen molar-refractivity contribution in [1.82, 2.24) is 5.32 Å². The van der Waals surface area contributed by atoms with E-state index in [4.69, 9.17) is 18.9 Å². The number of fused-ring (bicyclic) bond motifs is 1. The van der Waals surface area contributed by atoms with Gasteiger partial charge in [-0.2, -0.15) is 0 Å². The summed E-state index contributed by atoms with van der Waals surface area (Å²) in [6.45, 7) is 2.62. The van der Waals surface area contributed by atoms with Gasteiger partial charge in [-0.3, -0.25) is 10.1 Å². The summed E-state index contributed by atoms with van der Waals surface area (Å²) in [5.41, 5.74) is 0. The Morgan fingerprint density at radius 1 is 1.38 bits per heavy atom. The number of hydrogen-bond acceptors (Lipinski definition) is 6. The van der Waals surface area contributed by atoms with E-state index in [1.165, 1.54) is 0 Å². The second-order valence-electron chi connectivity index (χ2n) is 5.07. The van der Waals surface area contributed by atoms with Crippen LogP contribution in [0.5, 0.6) is 17.2 Å². The molecule has 0 spiro atoms. The van der Waals surface area contributed by atoms with Crippen LogP contribution in [0.15, 0.2) is 18.2 Å². The Bertz CT molecular complexity index is 515. The summed E-state index contributed by atoms with van der Waals surface area (Å²) in [4.78, 5) is 11.9. The molecular formula is C15H19NO5. The second kappa shape index (κ2) is 6.22. The molecule has 1 unspecified atom stereocenters. The van der Waals surface area contributed by atoms with Crippen LogP contribution in [0.25, 0.3) is 0 Å². The molecule has 0 aromatic heterocycles. The van der Waals surface area contributed by atoms with Crippen LogP contribution in [-0.2, 0) is 9.53 Å². The van der Waals surface area contributed by atoms with Gasteiger partial charge in [0, 0.05) is 12.1 Å². The maximum absolute atomic E-state index is 11.9. The number of esters is 1. The fourth-order valence-corrected chi connectivity index (χ4v) is 2.11. The molecule has 3 rings (SSSR count). The number of carbonyl (C=O) groups is 1. The third-order valence-corrected chi connectivity index (χ3v) is 3.35. The van der Waals surface area contributed by atoms with E-state index in [2.05, 4.69) is 5.32 Å². The molecule has 1 aliphatic heterocycles. The molecule has 1 aliphatic carbocycles. The quantitative estimate of drug-likeness (QED) is 0.768. The van der Waals surface area contributed by atoms with E-state index < -0.39 is 6.04 Å². The van der Waals surface area contributed by atoms with Gasteiger partial charge in [0.05, 0.1) is 6.61 Å². The van der Waals surface area contributed by atoms with Crippen LogP contribution in [0.3, 0.4) is 0 Å². The lowest BCUT2D eigenvalue weighted by Crippen LogP contribution is -2.43. The number of hydrogen-bond donors (Lipinski definition) is 1. The second-order valence-corrected chi connectivity index (χ2v) is 5.07. The SMILES string of the molecule is CCOC(=O)C(COc1ccc2c(c1)OCO2)NC1CC1. The van der Waals surface area contributed by atoms with E-state index >= 15 is 0 Å². The van der Waals surface area contributed by atoms with Gasteiger partial charge in [-0.05, 0) is 31.9 Å². The Morgan fingerprint density at radius 3 is 2.95 bits per heavy atom. The van der Waals surface area contributed by atoms with E-state index in [1.54, 1.807) is 25.1 Å². The normalized spacial score (nSPS) is 17.4. The number of nitrogens with one attached hydrogen (secondary N) is 1. The summed E-state index contributed by atoms with van der Waals surface area (Å²) in [7, 11) is 0. The largest absolute Gasteiger partial charge is 0.491 e. The number of carbonyl (C=O) groups excluding carboxylic acids is 1.